The van der Waals surface area contributed by atoms with E-state index in [1.807, 2.05) is 20.8 Å². The Labute approximate surface area is 178 Å². The van der Waals surface area contributed by atoms with Crippen LogP contribution >= 0.6 is 0 Å². The Hall–Kier alpha value is -2.46. The molecule has 30 heavy (non-hydrogen) atoms. The van der Waals surface area contributed by atoms with Gasteiger partial charge in [0.05, 0.1) is 11.4 Å². The second kappa shape index (κ2) is 9.13. The van der Waals surface area contributed by atoms with E-state index in [9.17, 15) is 22.8 Å². The van der Waals surface area contributed by atoms with Crippen molar-refractivity contribution in [2.75, 3.05) is 45.1 Å². The molecule has 1 aromatic carbocycles. The molecule has 1 aliphatic rings. The van der Waals surface area contributed by atoms with E-state index in [0.29, 0.717) is 31.9 Å². The lowest BCUT2D eigenvalue weighted by molar-refractivity contribution is -0.144. The van der Waals surface area contributed by atoms with Gasteiger partial charge in [-0.2, -0.15) is 4.31 Å². The second-order valence-corrected chi connectivity index (χ2v) is 10.4. The molecule has 3 amide bonds. The summed E-state index contributed by atoms with van der Waals surface area (Å²) in [7, 11) is -2.50. The van der Waals surface area contributed by atoms with E-state index < -0.39 is 15.4 Å². The van der Waals surface area contributed by atoms with Gasteiger partial charge in [-0.25, -0.2) is 8.42 Å². The van der Waals surface area contributed by atoms with Crippen molar-refractivity contribution in [1.82, 2.24) is 14.1 Å². The van der Waals surface area contributed by atoms with Crippen molar-refractivity contribution >= 4 is 33.4 Å². The van der Waals surface area contributed by atoms with E-state index in [1.54, 1.807) is 9.80 Å². The summed E-state index contributed by atoms with van der Waals surface area (Å²) < 4.78 is 26.5. The number of piperazine rings is 1. The highest BCUT2D eigenvalue weighted by Crippen LogP contribution is 2.20. The third kappa shape index (κ3) is 5.79. The number of benzene rings is 1. The number of sulfonamides is 1. The summed E-state index contributed by atoms with van der Waals surface area (Å²) in [6, 6.07) is 5.77. The van der Waals surface area contributed by atoms with E-state index in [2.05, 4.69) is 5.32 Å². The number of nitrogens with zero attached hydrogens (tertiary/aromatic N) is 3. The predicted octanol–water partition coefficient (Wildman–Crippen LogP) is 0.982. The minimum Gasteiger partial charge on any atom is -0.339 e. The van der Waals surface area contributed by atoms with Crippen molar-refractivity contribution in [3.8, 4) is 0 Å². The molecule has 1 N–H and O–H groups in total. The molecular formula is C20H30N4O5S. The van der Waals surface area contributed by atoms with Crippen LogP contribution in [0, 0.1) is 5.41 Å². The Bertz CT molecular complexity index is 898. The van der Waals surface area contributed by atoms with Gasteiger partial charge >= 0.3 is 0 Å². The zero-order chi connectivity index (χ0) is 22.7. The van der Waals surface area contributed by atoms with Crippen LogP contribution in [-0.4, -0.2) is 80.0 Å². The highest BCUT2D eigenvalue weighted by molar-refractivity contribution is 7.89. The fourth-order valence-electron chi connectivity index (χ4n) is 3.10. The SMILES string of the molecule is CC(=O)Nc1ccc(S(=O)(=O)N(C)CC(=O)N2CCN(C(=O)C(C)(C)C)CC2)cc1. The average molecular weight is 439 g/mol. The quantitative estimate of drug-likeness (QED) is 0.738. The molecule has 0 spiro atoms. The number of likely N-dealkylation sites (N-methyl/N-ethyl adjacent to an activating group) is 1. The molecule has 1 saturated heterocycles. The van der Waals surface area contributed by atoms with Crippen LogP contribution in [0.4, 0.5) is 5.69 Å². The molecule has 0 unspecified atom stereocenters. The Morgan fingerprint density at radius 1 is 1.00 bits per heavy atom. The van der Waals surface area contributed by atoms with Gasteiger partial charge in [0, 0.05) is 51.3 Å². The summed E-state index contributed by atoms with van der Waals surface area (Å²) in [4.78, 5) is 39.4. The Kier molecular flexibility index (Phi) is 7.25. The van der Waals surface area contributed by atoms with Gasteiger partial charge in [0.25, 0.3) is 0 Å². The first kappa shape index (κ1) is 23.8. The van der Waals surface area contributed by atoms with Gasteiger partial charge < -0.3 is 15.1 Å². The van der Waals surface area contributed by atoms with E-state index in [-0.39, 0.29) is 29.2 Å². The maximum absolute atomic E-state index is 12.8. The van der Waals surface area contributed by atoms with Crippen molar-refractivity contribution < 1.29 is 22.8 Å². The van der Waals surface area contributed by atoms with Gasteiger partial charge in [-0.05, 0) is 24.3 Å². The van der Waals surface area contributed by atoms with E-state index in [4.69, 9.17) is 0 Å². The topological polar surface area (TPSA) is 107 Å². The number of hydrogen-bond acceptors (Lipinski definition) is 5. The van der Waals surface area contributed by atoms with Crippen LogP contribution in [0.2, 0.25) is 0 Å². The molecule has 9 nitrogen and oxygen atoms in total. The molecule has 0 aliphatic carbocycles. The van der Waals surface area contributed by atoms with Gasteiger partial charge in [-0.15, -0.1) is 0 Å². The van der Waals surface area contributed by atoms with E-state index >= 15 is 0 Å². The maximum Gasteiger partial charge on any atom is 0.243 e. The van der Waals surface area contributed by atoms with E-state index in [0.717, 1.165) is 4.31 Å². The molecule has 0 aromatic heterocycles. The van der Waals surface area contributed by atoms with Crippen LogP contribution in [0.15, 0.2) is 29.2 Å². The lowest BCUT2D eigenvalue weighted by atomic mass is 9.94. The largest absolute Gasteiger partial charge is 0.339 e. The monoisotopic (exact) mass is 438 g/mol. The van der Waals surface area contributed by atoms with Gasteiger partial charge in [-0.1, -0.05) is 20.8 Å². The lowest BCUT2D eigenvalue weighted by Crippen LogP contribution is -2.54. The molecule has 1 fully saturated rings. The summed E-state index contributed by atoms with van der Waals surface area (Å²) >= 11 is 0. The van der Waals surface area contributed by atoms with E-state index in [1.165, 1.54) is 38.2 Å². The molecule has 166 valence electrons. The summed E-state index contributed by atoms with van der Waals surface area (Å²) in [5, 5.41) is 2.57. The fourth-order valence-corrected chi connectivity index (χ4v) is 4.22. The Morgan fingerprint density at radius 2 is 1.50 bits per heavy atom. The predicted molar refractivity (Wildman–Crippen MR) is 113 cm³/mol. The van der Waals surface area contributed by atoms with Crippen molar-refractivity contribution in [1.29, 1.82) is 0 Å². The number of amides is 3. The third-order valence-electron chi connectivity index (χ3n) is 4.80. The molecule has 0 radical (unpaired) electrons. The molecule has 0 bridgehead atoms. The molecule has 10 heteroatoms. The third-order valence-corrected chi connectivity index (χ3v) is 6.62. The van der Waals surface area contributed by atoms with Crippen LogP contribution in [0.3, 0.4) is 0 Å². The number of anilines is 1. The first-order chi connectivity index (χ1) is 13.8. The number of carbonyl (C=O) groups excluding carboxylic acids is 3. The fraction of sp³-hybridized carbons (Fsp3) is 0.550. The molecule has 2 rings (SSSR count). The molecule has 0 atom stereocenters. The summed E-state index contributed by atoms with van der Waals surface area (Å²) in [6.45, 7) is 8.26. The summed E-state index contributed by atoms with van der Waals surface area (Å²) in [6.07, 6.45) is 0. The number of rotatable bonds is 5. The van der Waals surface area contributed by atoms with Gasteiger partial charge in [-0.3, -0.25) is 14.4 Å². The van der Waals surface area contributed by atoms with Crippen LogP contribution in [0.1, 0.15) is 27.7 Å². The smallest absolute Gasteiger partial charge is 0.243 e. The minimum atomic E-state index is -3.85. The second-order valence-electron chi connectivity index (χ2n) is 8.39. The minimum absolute atomic E-state index is 0.0347. The van der Waals surface area contributed by atoms with Gasteiger partial charge in [0.15, 0.2) is 0 Å². The van der Waals surface area contributed by atoms with Crippen molar-refractivity contribution in [2.24, 2.45) is 5.41 Å². The maximum atomic E-state index is 12.8. The molecule has 0 saturated carbocycles. The van der Waals surface area contributed by atoms with Gasteiger partial charge in [0.2, 0.25) is 27.7 Å². The van der Waals surface area contributed by atoms with Crippen LogP contribution in [0.5, 0.6) is 0 Å². The standard InChI is InChI=1S/C20H30N4O5S/c1-15(25)21-16-6-8-17(9-7-16)30(28,29)22(5)14-18(26)23-10-12-24(13-11-23)19(27)20(2,3)4/h6-9H,10-14H2,1-5H3,(H,21,25). The average Bonchev–Trinajstić information content (AvgIpc) is 2.66. The highest BCUT2D eigenvalue weighted by atomic mass is 32.2. The zero-order valence-electron chi connectivity index (χ0n) is 18.1. The van der Waals surface area contributed by atoms with Crippen LogP contribution in [-0.2, 0) is 24.4 Å². The molecule has 1 heterocycles. The van der Waals surface area contributed by atoms with Crippen molar-refractivity contribution in [3.63, 3.8) is 0 Å². The summed E-state index contributed by atoms with van der Waals surface area (Å²) in [5.74, 6) is -0.520. The van der Waals surface area contributed by atoms with Crippen molar-refractivity contribution in [3.05, 3.63) is 24.3 Å². The van der Waals surface area contributed by atoms with Crippen molar-refractivity contribution in [2.45, 2.75) is 32.6 Å². The van der Waals surface area contributed by atoms with Gasteiger partial charge in [0.1, 0.15) is 0 Å². The number of carbonyl (C=O) groups is 3. The zero-order valence-corrected chi connectivity index (χ0v) is 19.0. The molecular weight excluding hydrogens is 408 g/mol. The Balaban J connectivity index is 1.96. The molecule has 1 aliphatic heterocycles. The lowest BCUT2D eigenvalue weighted by Gasteiger charge is -2.38. The summed E-state index contributed by atoms with van der Waals surface area (Å²) in [5.41, 5.74) is 0.0125. The highest BCUT2D eigenvalue weighted by Gasteiger charge is 2.32. The number of nitrogens with one attached hydrogen (secondary N) is 1. The first-order valence-corrected chi connectivity index (χ1v) is 11.2. The Morgan fingerprint density at radius 3 is 1.97 bits per heavy atom. The van der Waals surface area contributed by atoms with Crippen LogP contribution < -0.4 is 5.32 Å². The normalized spacial score (nSPS) is 15.3. The number of hydrogen-bond donors (Lipinski definition) is 1. The molecule has 1 aromatic rings. The van der Waals surface area contributed by atoms with Crippen LogP contribution in [0.25, 0.3) is 0 Å². The first-order valence-electron chi connectivity index (χ1n) is 9.73.